The van der Waals surface area contributed by atoms with Crippen LogP contribution in [0.15, 0.2) is 23.1 Å². The first-order valence-electron chi connectivity index (χ1n) is 8.12. The highest BCUT2D eigenvalue weighted by Crippen LogP contribution is 2.22. The average Bonchev–Trinajstić information content (AvgIpc) is 2.49. The second-order valence-electron chi connectivity index (χ2n) is 5.98. The third-order valence-corrected chi connectivity index (χ3v) is 5.58. The fraction of sp³-hybridized carbons (Fsp3) is 0.588. The number of nitrogens with zero attached hydrogens (tertiary/aromatic N) is 1. The molecule has 0 aromatic heterocycles. The first-order valence-corrected chi connectivity index (χ1v) is 9.56. The quantitative estimate of drug-likeness (QED) is 0.699. The van der Waals surface area contributed by atoms with Crippen LogP contribution >= 0.6 is 0 Å². The number of carbonyl (C=O) groups is 1. The van der Waals surface area contributed by atoms with Gasteiger partial charge in [-0.1, -0.05) is 38.7 Å². The predicted molar refractivity (Wildman–Crippen MR) is 94.1 cm³/mol. The minimum absolute atomic E-state index is 0.0657. The van der Waals surface area contributed by atoms with Crippen molar-refractivity contribution in [1.82, 2.24) is 4.31 Å². The van der Waals surface area contributed by atoms with Crippen LogP contribution in [-0.4, -0.2) is 32.7 Å². The molecule has 0 saturated heterocycles. The van der Waals surface area contributed by atoms with E-state index in [9.17, 15) is 13.2 Å². The fourth-order valence-electron chi connectivity index (χ4n) is 2.21. The Morgan fingerprint density at radius 2 is 1.78 bits per heavy atom. The zero-order valence-electron chi connectivity index (χ0n) is 14.6. The van der Waals surface area contributed by atoms with E-state index in [0.29, 0.717) is 12.1 Å². The normalized spacial score (nSPS) is 11.7. The Bertz CT molecular complexity index is 625. The van der Waals surface area contributed by atoms with Crippen LogP contribution in [0.3, 0.4) is 0 Å². The van der Waals surface area contributed by atoms with Crippen molar-refractivity contribution in [3.05, 3.63) is 23.8 Å². The number of carbonyl (C=O) groups excluding carboxylic acids is 1. The van der Waals surface area contributed by atoms with Gasteiger partial charge in [-0.3, -0.25) is 4.79 Å². The number of amides is 1. The minimum atomic E-state index is -3.50. The lowest BCUT2D eigenvalue weighted by atomic mass is 10.1. The molecule has 0 spiro atoms. The number of aryl methyl sites for hydroxylation is 1. The molecule has 0 heterocycles. The van der Waals surface area contributed by atoms with E-state index in [2.05, 4.69) is 12.2 Å². The van der Waals surface area contributed by atoms with Gasteiger partial charge in [0.2, 0.25) is 15.9 Å². The summed E-state index contributed by atoms with van der Waals surface area (Å²) >= 11 is 0. The molecule has 0 aliphatic carbocycles. The third kappa shape index (κ3) is 5.95. The van der Waals surface area contributed by atoms with Crippen molar-refractivity contribution >= 4 is 21.6 Å². The second-order valence-corrected chi connectivity index (χ2v) is 8.13. The molecule has 0 radical (unpaired) electrons. The topological polar surface area (TPSA) is 66.5 Å². The Hall–Kier alpha value is -1.40. The molecule has 0 fully saturated rings. The van der Waals surface area contributed by atoms with Crippen molar-refractivity contribution in [3.8, 4) is 0 Å². The predicted octanol–water partition coefficient (Wildman–Crippen LogP) is 3.54. The highest BCUT2D eigenvalue weighted by molar-refractivity contribution is 7.89. The summed E-state index contributed by atoms with van der Waals surface area (Å²) < 4.78 is 25.5. The first-order chi connectivity index (χ1) is 10.8. The van der Waals surface area contributed by atoms with Crippen molar-refractivity contribution in [2.75, 3.05) is 19.4 Å². The first kappa shape index (κ1) is 19.6. The van der Waals surface area contributed by atoms with Crippen molar-refractivity contribution in [2.24, 2.45) is 0 Å². The molecule has 0 unspecified atom stereocenters. The van der Waals surface area contributed by atoms with Gasteiger partial charge in [-0.2, -0.15) is 0 Å². The van der Waals surface area contributed by atoms with Crippen LogP contribution in [-0.2, 0) is 14.8 Å². The SMILES string of the molecule is CCCCCCCC(=O)Nc1cc(S(=O)(=O)N(C)C)ccc1C. The number of nitrogens with one attached hydrogen (secondary N) is 1. The molecule has 1 aromatic carbocycles. The van der Waals surface area contributed by atoms with E-state index in [1.54, 1.807) is 12.1 Å². The van der Waals surface area contributed by atoms with Crippen LogP contribution in [0, 0.1) is 6.92 Å². The average molecular weight is 340 g/mol. The number of rotatable bonds is 9. The summed E-state index contributed by atoms with van der Waals surface area (Å²) in [6, 6.07) is 4.80. The Morgan fingerprint density at radius 1 is 1.13 bits per heavy atom. The lowest BCUT2D eigenvalue weighted by Gasteiger charge is -2.14. The molecule has 1 N–H and O–H groups in total. The van der Waals surface area contributed by atoms with Crippen LogP contribution < -0.4 is 5.32 Å². The van der Waals surface area contributed by atoms with E-state index < -0.39 is 10.0 Å². The van der Waals surface area contributed by atoms with E-state index in [0.717, 1.165) is 29.1 Å². The van der Waals surface area contributed by atoms with Gasteiger partial charge in [0.15, 0.2) is 0 Å². The highest BCUT2D eigenvalue weighted by atomic mass is 32.2. The van der Waals surface area contributed by atoms with Gasteiger partial charge in [0, 0.05) is 26.2 Å². The molecule has 6 heteroatoms. The molecule has 0 bridgehead atoms. The van der Waals surface area contributed by atoms with Crippen molar-refractivity contribution in [2.45, 2.75) is 57.3 Å². The number of hydrogen-bond acceptors (Lipinski definition) is 3. The maximum atomic E-state index is 12.2. The second kappa shape index (κ2) is 9.03. The largest absolute Gasteiger partial charge is 0.326 e. The van der Waals surface area contributed by atoms with Gasteiger partial charge in [0.25, 0.3) is 0 Å². The van der Waals surface area contributed by atoms with Crippen LogP contribution in [0.25, 0.3) is 0 Å². The maximum Gasteiger partial charge on any atom is 0.242 e. The third-order valence-electron chi connectivity index (χ3n) is 3.77. The molecule has 0 aliphatic rings. The van der Waals surface area contributed by atoms with E-state index >= 15 is 0 Å². The van der Waals surface area contributed by atoms with Crippen molar-refractivity contribution in [1.29, 1.82) is 0 Å². The number of hydrogen-bond donors (Lipinski definition) is 1. The van der Waals surface area contributed by atoms with Gasteiger partial charge in [-0.05, 0) is 31.0 Å². The van der Waals surface area contributed by atoms with Crippen LogP contribution in [0.2, 0.25) is 0 Å². The van der Waals surface area contributed by atoms with E-state index in [4.69, 9.17) is 0 Å². The summed E-state index contributed by atoms with van der Waals surface area (Å²) in [6.07, 6.45) is 5.91. The zero-order chi connectivity index (χ0) is 17.5. The summed E-state index contributed by atoms with van der Waals surface area (Å²) in [5.41, 5.74) is 1.41. The Labute approximate surface area is 140 Å². The smallest absolute Gasteiger partial charge is 0.242 e. The summed E-state index contributed by atoms with van der Waals surface area (Å²) in [6.45, 7) is 4.01. The fourth-order valence-corrected chi connectivity index (χ4v) is 3.14. The lowest BCUT2D eigenvalue weighted by molar-refractivity contribution is -0.116. The van der Waals surface area contributed by atoms with Gasteiger partial charge in [0.1, 0.15) is 0 Å². The van der Waals surface area contributed by atoms with E-state index in [1.165, 1.54) is 33.0 Å². The molecular weight excluding hydrogens is 312 g/mol. The van der Waals surface area contributed by atoms with Gasteiger partial charge in [-0.25, -0.2) is 12.7 Å². The molecule has 1 amide bonds. The maximum absolute atomic E-state index is 12.2. The summed E-state index contributed by atoms with van der Waals surface area (Å²) in [4.78, 5) is 12.2. The molecule has 1 aromatic rings. The molecule has 0 atom stereocenters. The van der Waals surface area contributed by atoms with Gasteiger partial charge in [0.05, 0.1) is 4.90 Å². The number of anilines is 1. The van der Waals surface area contributed by atoms with Gasteiger partial charge < -0.3 is 5.32 Å². The summed E-state index contributed by atoms with van der Waals surface area (Å²) in [5, 5.41) is 2.83. The molecule has 0 aliphatic heterocycles. The zero-order valence-corrected chi connectivity index (χ0v) is 15.4. The van der Waals surface area contributed by atoms with Crippen LogP contribution in [0.1, 0.15) is 51.0 Å². The van der Waals surface area contributed by atoms with E-state index in [1.807, 2.05) is 6.92 Å². The molecule has 130 valence electrons. The molecular formula is C17H28N2O3S. The van der Waals surface area contributed by atoms with Crippen molar-refractivity contribution < 1.29 is 13.2 Å². The summed E-state index contributed by atoms with van der Waals surface area (Å²) in [7, 11) is -0.517. The molecule has 0 saturated carbocycles. The number of sulfonamides is 1. The van der Waals surface area contributed by atoms with Gasteiger partial charge >= 0.3 is 0 Å². The number of unbranched alkanes of at least 4 members (excludes halogenated alkanes) is 4. The van der Waals surface area contributed by atoms with Crippen molar-refractivity contribution in [3.63, 3.8) is 0 Å². The van der Waals surface area contributed by atoms with Crippen LogP contribution in [0.5, 0.6) is 0 Å². The highest BCUT2D eigenvalue weighted by Gasteiger charge is 2.18. The Morgan fingerprint density at radius 3 is 2.39 bits per heavy atom. The number of benzene rings is 1. The Kier molecular flexibility index (Phi) is 7.72. The van der Waals surface area contributed by atoms with E-state index in [-0.39, 0.29) is 10.8 Å². The lowest BCUT2D eigenvalue weighted by Crippen LogP contribution is -2.22. The van der Waals surface area contributed by atoms with Crippen LogP contribution in [0.4, 0.5) is 5.69 Å². The Balaban J connectivity index is 2.71. The molecule has 5 nitrogen and oxygen atoms in total. The molecule has 1 rings (SSSR count). The summed E-state index contributed by atoms with van der Waals surface area (Å²) in [5.74, 6) is -0.0657. The molecule has 23 heavy (non-hydrogen) atoms. The monoisotopic (exact) mass is 340 g/mol. The minimum Gasteiger partial charge on any atom is -0.326 e. The standard InChI is InChI=1S/C17H28N2O3S/c1-5-6-7-8-9-10-17(20)18-16-13-15(12-11-14(16)2)23(21,22)19(3)4/h11-13H,5-10H2,1-4H3,(H,18,20). The van der Waals surface area contributed by atoms with Gasteiger partial charge in [-0.15, -0.1) is 0 Å².